The van der Waals surface area contributed by atoms with Crippen molar-refractivity contribution >= 4 is 33.2 Å². The van der Waals surface area contributed by atoms with Gasteiger partial charge in [-0.1, -0.05) is 23.7 Å². The Kier molecular flexibility index (Phi) is 4.09. The average Bonchev–Trinajstić information content (AvgIpc) is 2.27. The van der Waals surface area contributed by atoms with Gasteiger partial charge in [0.25, 0.3) is 0 Å². The fourth-order valence-corrected chi connectivity index (χ4v) is 2.53. The largest absolute Gasteiger partial charge is 0.508 e. The van der Waals surface area contributed by atoms with Crippen molar-refractivity contribution in [2.75, 3.05) is 5.32 Å². The summed E-state index contributed by atoms with van der Waals surface area (Å²) in [5, 5.41) is 12.7. The summed E-state index contributed by atoms with van der Waals surface area (Å²) >= 11 is 9.20. The number of hydrogen-bond acceptors (Lipinski definition) is 2. The van der Waals surface area contributed by atoms with Crippen molar-refractivity contribution < 1.29 is 9.50 Å². The van der Waals surface area contributed by atoms with Crippen molar-refractivity contribution in [3.63, 3.8) is 0 Å². The zero-order valence-electron chi connectivity index (χ0n) is 9.25. The van der Waals surface area contributed by atoms with E-state index in [2.05, 4.69) is 21.2 Å². The van der Waals surface area contributed by atoms with E-state index in [9.17, 15) is 9.50 Å². The summed E-state index contributed by atoms with van der Waals surface area (Å²) in [4.78, 5) is 0. The molecule has 0 aromatic heterocycles. The topological polar surface area (TPSA) is 32.3 Å². The fourth-order valence-electron chi connectivity index (χ4n) is 1.57. The first kappa shape index (κ1) is 13.2. The number of anilines is 1. The van der Waals surface area contributed by atoms with E-state index in [0.717, 1.165) is 5.56 Å². The van der Waals surface area contributed by atoms with Crippen molar-refractivity contribution in [3.05, 3.63) is 57.3 Å². The zero-order valence-corrected chi connectivity index (χ0v) is 11.6. The van der Waals surface area contributed by atoms with Gasteiger partial charge in [0, 0.05) is 11.0 Å². The predicted octanol–water partition coefficient (Wildman–Crippen LogP) is 4.56. The van der Waals surface area contributed by atoms with Crippen LogP contribution >= 0.6 is 27.5 Å². The number of rotatable bonds is 3. The molecule has 0 heterocycles. The molecule has 2 N–H and O–H groups in total. The Morgan fingerprint density at radius 2 is 2.06 bits per heavy atom. The van der Waals surface area contributed by atoms with Gasteiger partial charge in [0.15, 0.2) is 0 Å². The third-order valence-electron chi connectivity index (χ3n) is 2.39. The molecule has 0 saturated carbocycles. The first-order chi connectivity index (χ1) is 8.56. The maximum atomic E-state index is 13.0. The molecule has 0 unspecified atom stereocenters. The molecule has 0 aliphatic rings. The molecule has 2 rings (SSSR count). The minimum atomic E-state index is -0.394. The van der Waals surface area contributed by atoms with Crippen LogP contribution in [0.25, 0.3) is 0 Å². The van der Waals surface area contributed by atoms with Crippen LogP contribution in [-0.4, -0.2) is 5.11 Å². The highest BCUT2D eigenvalue weighted by atomic mass is 79.9. The molecule has 18 heavy (non-hydrogen) atoms. The van der Waals surface area contributed by atoms with Crippen molar-refractivity contribution in [1.82, 2.24) is 0 Å². The van der Waals surface area contributed by atoms with Crippen LogP contribution in [0.1, 0.15) is 5.56 Å². The van der Waals surface area contributed by atoms with Crippen molar-refractivity contribution in [3.8, 4) is 5.75 Å². The monoisotopic (exact) mass is 329 g/mol. The smallest absolute Gasteiger partial charge is 0.125 e. The van der Waals surface area contributed by atoms with Crippen LogP contribution in [0.2, 0.25) is 5.02 Å². The van der Waals surface area contributed by atoms with Gasteiger partial charge in [-0.05, 0) is 45.8 Å². The Morgan fingerprint density at radius 3 is 2.72 bits per heavy atom. The standard InChI is InChI=1S/C13H10BrClFNO/c14-11-5-9(16)6-12(15)13(11)17-7-8-2-1-3-10(18)4-8/h1-6,17-18H,7H2. The second-order valence-electron chi connectivity index (χ2n) is 3.77. The maximum absolute atomic E-state index is 13.0. The third kappa shape index (κ3) is 3.15. The molecule has 0 bridgehead atoms. The Balaban J connectivity index is 2.16. The lowest BCUT2D eigenvalue weighted by Gasteiger charge is -2.11. The Bertz CT molecular complexity index is 554. The summed E-state index contributed by atoms with van der Waals surface area (Å²) in [6.07, 6.45) is 0. The van der Waals surface area contributed by atoms with E-state index in [0.29, 0.717) is 21.7 Å². The predicted molar refractivity (Wildman–Crippen MR) is 74.5 cm³/mol. The molecule has 0 atom stereocenters. The third-order valence-corrected chi connectivity index (χ3v) is 3.31. The van der Waals surface area contributed by atoms with Crippen LogP contribution in [0.3, 0.4) is 0 Å². The van der Waals surface area contributed by atoms with E-state index >= 15 is 0 Å². The summed E-state index contributed by atoms with van der Waals surface area (Å²) < 4.78 is 13.6. The lowest BCUT2D eigenvalue weighted by molar-refractivity contribution is 0.474. The van der Waals surface area contributed by atoms with Crippen LogP contribution in [0, 0.1) is 5.82 Å². The van der Waals surface area contributed by atoms with Gasteiger partial charge in [-0.3, -0.25) is 0 Å². The molecule has 0 amide bonds. The fraction of sp³-hybridized carbons (Fsp3) is 0.0769. The second-order valence-corrected chi connectivity index (χ2v) is 5.03. The number of phenolic OH excluding ortho intramolecular Hbond substituents is 1. The van der Waals surface area contributed by atoms with Crippen LogP contribution in [0.5, 0.6) is 5.75 Å². The van der Waals surface area contributed by atoms with Gasteiger partial charge in [0.05, 0.1) is 10.7 Å². The molecule has 0 spiro atoms. The van der Waals surface area contributed by atoms with E-state index in [1.807, 2.05) is 6.07 Å². The Hall–Kier alpha value is -1.26. The van der Waals surface area contributed by atoms with E-state index in [-0.39, 0.29) is 5.75 Å². The number of aromatic hydroxyl groups is 1. The minimum absolute atomic E-state index is 0.207. The van der Waals surface area contributed by atoms with Crippen LogP contribution in [0.15, 0.2) is 40.9 Å². The van der Waals surface area contributed by atoms with Crippen LogP contribution in [-0.2, 0) is 6.54 Å². The van der Waals surface area contributed by atoms with Crippen LogP contribution in [0.4, 0.5) is 10.1 Å². The number of benzene rings is 2. The van der Waals surface area contributed by atoms with E-state index < -0.39 is 5.82 Å². The van der Waals surface area contributed by atoms with Crippen molar-refractivity contribution in [1.29, 1.82) is 0 Å². The van der Waals surface area contributed by atoms with Crippen molar-refractivity contribution in [2.24, 2.45) is 0 Å². The Morgan fingerprint density at radius 1 is 1.28 bits per heavy atom. The first-order valence-electron chi connectivity index (χ1n) is 5.22. The summed E-state index contributed by atoms with van der Waals surface area (Å²) in [5.41, 5.74) is 1.53. The number of halogens is 3. The van der Waals surface area contributed by atoms with E-state index in [1.165, 1.54) is 12.1 Å². The van der Waals surface area contributed by atoms with Gasteiger partial charge >= 0.3 is 0 Å². The molecule has 2 aromatic rings. The molecular formula is C13H10BrClFNO. The maximum Gasteiger partial charge on any atom is 0.125 e. The first-order valence-corrected chi connectivity index (χ1v) is 6.39. The summed E-state index contributed by atoms with van der Waals surface area (Å²) in [5.74, 6) is -0.187. The van der Waals surface area contributed by atoms with Gasteiger partial charge in [-0.25, -0.2) is 4.39 Å². The highest BCUT2D eigenvalue weighted by molar-refractivity contribution is 9.10. The highest BCUT2D eigenvalue weighted by Gasteiger charge is 2.07. The lowest BCUT2D eigenvalue weighted by atomic mass is 10.2. The lowest BCUT2D eigenvalue weighted by Crippen LogP contribution is -2.01. The molecule has 0 radical (unpaired) electrons. The quantitative estimate of drug-likeness (QED) is 0.864. The molecule has 0 saturated heterocycles. The molecule has 0 fully saturated rings. The molecule has 2 aromatic carbocycles. The van der Waals surface area contributed by atoms with Crippen LogP contribution < -0.4 is 5.32 Å². The van der Waals surface area contributed by atoms with Gasteiger partial charge in [0.1, 0.15) is 11.6 Å². The minimum Gasteiger partial charge on any atom is -0.508 e. The zero-order chi connectivity index (χ0) is 13.1. The number of hydrogen-bond donors (Lipinski definition) is 2. The summed E-state index contributed by atoms with van der Waals surface area (Å²) in [6.45, 7) is 0.484. The number of phenols is 1. The van der Waals surface area contributed by atoms with Crippen molar-refractivity contribution in [2.45, 2.75) is 6.54 Å². The van der Waals surface area contributed by atoms with E-state index in [4.69, 9.17) is 11.6 Å². The van der Waals surface area contributed by atoms with Gasteiger partial charge in [-0.15, -0.1) is 0 Å². The molecule has 94 valence electrons. The van der Waals surface area contributed by atoms with E-state index in [1.54, 1.807) is 18.2 Å². The van der Waals surface area contributed by atoms with Gasteiger partial charge < -0.3 is 10.4 Å². The molecule has 0 aliphatic carbocycles. The normalized spacial score (nSPS) is 10.4. The highest BCUT2D eigenvalue weighted by Crippen LogP contribution is 2.32. The van der Waals surface area contributed by atoms with Gasteiger partial charge in [-0.2, -0.15) is 0 Å². The SMILES string of the molecule is Oc1cccc(CNc2c(Cl)cc(F)cc2Br)c1. The van der Waals surface area contributed by atoms with Gasteiger partial charge in [0.2, 0.25) is 0 Å². The Labute approximate surface area is 118 Å². The molecule has 2 nitrogen and oxygen atoms in total. The molecule has 0 aliphatic heterocycles. The summed E-state index contributed by atoms with van der Waals surface area (Å²) in [6, 6.07) is 9.47. The average molecular weight is 331 g/mol. The number of nitrogens with one attached hydrogen (secondary N) is 1. The molecular weight excluding hydrogens is 321 g/mol. The molecule has 5 heteroatoms. The summed E-state index contributed by atoms with van der Waals surface area (Å²) in [7, 11) is 0. The second kappa shape index (κ2) is 5.59.